The molecule has 6 heteroatoms. The summed E-state index contributed by atoms with van der Waals surface area (Å²) >= 11 is 3.15. The molecule has 1 rings (SSSR count). The first-order chi connectivity index (χ1) is 7.38. The average molecular weight is 288 g/mol. The maximum atomic E-state index is 11.7. The molecule has 3 N–H and O–H groups in total. The van der Waals surface area contributed by atoms with Crippen LogP contribution < -0.4 is 16.8 Å². The largest absolute Gasteiger partial charge is 0.314 e. The number of rotatable bonds is 3. The molecule has 1 heterocycles. The van der Waals surface area contributed by atoms with Crippen LogP contribution in [-0.4, -0.2) is 10.5 Å². The van der Waals surface area contributed by atoms with Gasteiger partial charge in [-0.25, -0.2) is 5.84 Å². The molecule has 0 spiro atoms. The molecule has 0 aliphatic rings. The highest BCUT2D eigenvalue weighted by molar-refractivity contribution is 9.10. The summed E-state index contributed by atoms with van der Waals surface area (Å²) in [6, 6.07) is 3.40. The molecule has 0 atom stereocenters. The Morgan fingerprint density at radius 2 is 2.25 bits per heavy atom. The van der Waals surface area contributed by atoms with Crippen molar-refractivity contribution in [3.05, 3.63) is 33.2 Å². The van der Waals surface area contributed by atoms with Crippen LogP contribution in [0.5, 0.6) is 0 Å². The zero-order valence-electron chi connectivity index (χ0n) is 9.16. The van der Waals surface area contributed by atoms with Gasteiger partial charge in [-0.1, -0.05) is 0 Å². The Kier molecular flexibility index (Phi) is 3.88. The Morgan fingerprint density at radius 3 is 2.81 bits per heavy atom. The zero-order valence-corrected chi connectivity index (χ0v) is 10.7. The van der Waals surface area contributed by atoms with Gasteiger partial charge in [0.05, 0.1) is 9.89 Å². The minimum atomic E-state index is -0.737. The van der Waals surface area contributed by atoms with Gasteiger partial charge in [0.15, 0.2) is 0 Å². The Morgan fingerprint density at radius 1 is 1.62 bits per heavy atom. The van der Waals surface area contributed by atoms with Crippen LogP contribution in [0.25, 0.3) is 0 Å². The molecule has 0 aliphatic carbocycles. The molecule has 5 nitrogen and oxygen atoms in total. The fourth-order valence-electron chi connectivity index (χ4n) is 1.33. The summed E-state index contributed by atoms with van der Waals surface area (Å²) in [5, 5.41) is 0. The van der Waals surface area contributed by atoms with Gasteiger partial charge in [0.1, 0.15) is 0 Å². The van der Waals surface area contributed by atoms with E-state index < -0.39 is 5.41 Å². The van der Waals surface area contributed by atoms with Crippen LogP contribution in [0.3, 0.4) is 0 Å². The second-order valence-electron chi connectivity index (χ2n) is 4.15. The van der Waals surface area contributed by atoms with Gasteiger partial charge in [-0.3, -0.25) is 15.0 Å². The van der Waals surface area contributed by atoms with Gasteiger partial charge in [-0.05, 0) is 41.9 Å². The molecule has 88 valence electrons. The molecule has 1 aromatic heterocycles. The maximum absolute atomic E-state index is 11.7. The van der Waals surface area contributed by atoms with Crippen LogP contribution >= 0.6 is 15.9 Å². The number of carbonyl (C=O) groups is 1. The molecule has 0 fully saturated rings. The van der Waals surface area contributed by atoms with Crippen molar-refractivity contribution in [2.45, 2.75) is 20.4 Å². The molecule has 1 amide bonds. The quantitative estimate of drug-likeness (QED) is 0.486. The zero-order chi connectivity index (χ0) is 12.3. The Labute approximate surface area is 102 Å². The average Bonchev–Trinajstić information content (AvgIpc) is 2.23. The molecule has 0 bridgehead atoms. The minimum Gasteiger partial charge on any atom is -0.314 e. The first kappa shape index (κ1) is 12.9. The van der Waals surface area contributed by atoms with E-state index in [-0.39, 0.29) is 18.0 Å². The van der Waals surface area contributed by atoms with Gasteiger partial charge >= 0.3 is 0 Å². The molecule has 0 saturated heterocycles. The van der Waals surface area contributed by atoms with Crippen LogP contribution in [0.4, 0.5) is 0 Å². The Bertz CT molecular complexity index is 454. The predicted octanol–water partition coefficient (Wildman–Crippen LogP) is 0.627. The van der Waals surface area contributed by atoms with Crippen molar-refractivity contribution in [2.24, 2.45) is 11.3 Å². The standard InChI is InChI=1S/C10H14BrN3O2/c1-10(2,9(16)13-12)6-14-5-3-4-7(11)8(14)15/h3-5H,6,12H2,1-2H3,(H,13,16). The van der Waals surface area contributed by atoms with Crippen molar-refractivity contribution in [1.29, 1.82) is 0 Å². The number of nitrogens with one attached hydrogen (secondary N) is 1. The van der Waals surface area contributed by atoms with Crippen LogP contribution in [0, 0.1) is 5.41 Å². The van der Waals surface area contributed by atoms with E-state index in [2.05, 4.69) is 21.4 Å². The lowest BCUT2D eigenvalue weighted by molar-refractivity contribution is -0.130. The number of aromatic nitrogens is 1. The maximum Gasteiger partial charge on any atom is 0.264 e. The number of halogens is 1. The molecular weight excluding hydrogens is 274 g/mol. The topological polar surface area (TPSA) is 77.1 Å². The molecule has 0 radical (unpaired) electrons. The number of carbonyl (C=O) groups excluding carboxylic acids is 1. The number of hydrogen-bond acceptors (Lipinski definition) is 3. The molecule has 1 aromatic rings. The summed E-state index contributed by atoms with van der Waals surface area (Å²) < 4.78 is 1.94. The van der Waals surface area contributed by atoms with Crippen LogP contribution in [0.2, 0.25) is 0 Å². The second-order valence-corrected chi connectivity index (χ2v) is 5.00. The molecule has 0 unspecified atom stereocenters. The first-order valence-electron chi connectivity index (χ1n) is 4.74. The van der Waals surface area contributed by atoms with Gasteiger partial charge in [0, 0.05) is 12.7 Å². The van der Waals surface area contributed by atoms with Crippen molar-refractivity contribution >= 4 is 21.8 Å². The van der Waals surface area contributed by atoms with Crippen molar-refractivity contribution in [1.82, 2.24) is 9.99 Å². The number of nitrogens with zero attached hydrogens (tertiary/aromatic N) is 1. The van der Waals surface area contributed by atoms with Gasteiger partial charge in [0.2, 0.25) is 5.91 Å². The fraction of sp³-hybridized carbons (Fsp3) is 0.400. The molecule has 16 heavy (non-hydrogen) atoms. The normalized spacial score (nSPS) is 11.2. The highest BCUT2D eigenvalue weighted by Gasteiger charge is 2.27. The molecule has 0 aromatic carbocycles. The highest BCUT2D eigenvalue weighted by atomic mass is 79.9. The van der Waals surface area contributed by atoms with Crippen molar-refractivity contribution < 1.29 is 4.79 Å². The van der Waals surface area contributed by atoms with E-state index in [1.54, 1.807) is 32.2 Å². The monoisotopic (exact) mass is 287 g/mol. The summed E-state index contributed by atoms with van der Waals surface area (Å²) in [5.41, 5.74) is 1.19. The summed E-state index contributed by atoms with van der Waals surface area (Å²) in [4.78, 5) is 23.2. The lowest BCUT2D eigenvalue weighted by Crippen LogP contribution is -2.44. The van der Waals surface area contributed by atoms with E-state index in [1.165, 1.54) is 4.57 Å². The lowest BCUT2D eigenvalue weighted by atomic mass is 9.92. The van der Waals surface area contributed by atoms with Crippen molar-refractivity contribution in [2.75, 3.05) is 0 Å². The molecule has 0 saturated carbocycles. The predicted molar refractivity (Wildman–Crippen MR) is 64.5 cm³/mol. The first-order valence-corrected chi connectivity index (χ1v) is 5.54. The Hall–Kier alpha value is -1.14. The van der Waals surface area contributed by atoms with E-state index in [1.807, 2.05) is 0 Å². The van der Waals surface area contributed by atoms with Gasteiger partial charge in [-0.2, -0.15) is 0 Å². The summed E-state index contributed by atoms with van der Waals surface area (Å²) in [6.45, 7) is 3.72. The van der Waals surface area contributed by atoms with Crippen LogP contribution in [-0.2, 0) is 11.3 Å². The second kappa shape index (κ2) is 4.80. The van der Waals surface area contributed by atoms with Crippen LogP contribution in [0.15, 0.2) is 27.6 Å². The SMILES string of the molecule is CC(C)(Cn1cccc(Br)c1=O)C(=O)NN. The number of hydrogen-bond donors (Lipinski definition) is 2. The van der Waals surface area contributed by atoms with Crippen molar-refractivity contribution in [3.63, 3.8) is 0 Å². The van der Waals surface area contributed by atoms with Crippen molar-refractivity contribution in [3.8, 4) is 0 Å². The third-order valence-corrected chi connectivity index (χ3v) is 2.89. The van der Waals surface area contributed by atoms with Gasteiger partial charge in [-0.15, -0.1) is 0 Å². The summed E-state index contributed by atoms with van der Waals surface area (Å²) in [6.07, 6.45) is 1.64. The Balaban J connectivity index is 3.01. The van der Waals surface area contributed by atoms with E-state index >= 15 is 0 Å². The third-order valence-electron chi connectivity index (χ3n) is 2.29. The number of amides is 1. The lowest BCUT2D eigenvalue weighted by Gasteiger charge is -2.23. The number of hydrazine groups is 1. The van der Waals surface area contributed by atoms with Gasteiger partial charge < -0.3 is 4.57 Å². The third kappa shape index (κ3) is 2.70. The van der Waals surface area contributed by atoms with E-state index in [4.69, 9.17) is 5.84 Å². The fourth-order valence-corrected chi connectivity index (χ4v) is 1.71. The smallest absolute Gasteiger partial charge is 0.264 e. The number of nitrogens with two attached hydrogens (primary N) is 1. The van der Waals surface area contributed by atoms with E-state index in [9.17, 15) is 9.59 Å². The van der Waals surface area contributed by atoms with Crippen LogP contribution in [0.1, 0.15) is 13.8 Å². The molecule has 0 aliphatic heterocycles. The minimum absolute atomic E-state index is 0.166. The summed E-state index contributed by atoms with van der Waals surface area (Å²) in [5.74, 6) is 4.78. The summed E-state index contributed by atoms with van der Waals surface area (Å²) in [7, 11) is 0. The van der Waals surface area contributed by atoms with E-state index in [0.29, 0.717) is 4.47 Å². The molecular formula is C10H14BrN3O2. The van der Waals surface area contributed by atoms with Gasteiger partial charge in [0.25, 0.3) is 5.56 Å². The highest BCUT2D eigenvalue weighted by Crippen LogP contribution is 2.17. The number of pyridine rings is 1. The van der Waals surface area contributed by atoms with E-state index in [0.717, 1.165) is 0 Å².